The molecule has 222 valence electrons. The number of benzene rings is 2. The smallest absolute Gasteiger partial charge is 0.333 e. The summed E-state index contributed by atoms with van der Waals surface area (Å²) in [6.45, 7) is 14.6. The Kier molecular flexibility index (Phi) is 15.7. The van der Waals surface area contributed by atoms with Gasteiger partial charge in [0.2, 0.25) is 0 Å². The summed E-state index contributed by atoms with van der Waals surface area (Å²) in [6.07, 6.45) is 11.6. The molecule has 0 radical (unpaired) electrons. The number of ether oxygens (including phenoxy) is 4. The Morgan fingerprint density at radius 1 is 0.659 bits per heavy atom. The van der Waals surface area contributed by atoms with Gasteiger partial charge in [0.15, 0.2) is 0 Å². The predicted molar refractivity (Wildman–Crippen MR) is 166 cm³/mol. The number of carbonyl (C=O) groups is 2. The zero-order chi connectivity index (χ0) is 29.9. The van der Waals surface area contributed by atoms with Crippen molar-refractivity contribution in [1.29, 1.82) is 0 Å². The summed E-state index contributed by atoms with van der Waals surface area (Å²) in [6, 6.07) is 14.2. The minimum Gasteiger partial charge on any atom is -0.493 e. The number of carbonyl (C=O) groups excluding carboxylic acids is 2. The third-order valence-corrected chi connectivity index (χ3v) is 6.39. The van der Waals surface area contributed by atoms with Crippen LogP contribution in [-0.2, 0) is 19.1 Å². The summed E-state index contributed by atoms with van der Waals surface area (Å²) >= 11 is 0. The van der Waals surface area contributed by atoms with Crippen LogP contribution >= 0.6 is 0 Å². The highest BCUT2D eigenvalue weighted by atomic mass is 16.5. The van der Waals surface area contributed by atoms with E-state index in [1.165, 1.54) is 0 Å². The Hall–Kier alpha value is -3.80. The molecule has 2 aromatic carbocycles. The van der Waals surface area contributed by atoms with Crippen molar-refractivity contribution in [2.75, 3.05) is 26.4 Å². The van der Waals surface area contributed by atoms with Gasteiger partial charge >= 0.3 is 11.9 Å². The lowest BCUT2D eigenvalue weighted by Crippen LogP contribution is -2.07. The van der Waals surface area contributed by atoms with Gasteiger partial charge in [-0.3, -0.25) is 0 Å². The van der Waals surface area contributed by atoms with Crippen LogP contribution in [0.15, 0.2) is 66.8 Å². The Morgan fingerprint density at radius 3 is 1.71 bits per heavy atom. The fourth-order valence-corrected chi connectivity index (χ4v) is 3.97. The molecule has 6 heteroatoms. The van der Waals surface area contributed by atoms with Crippen molar-refractivity contribution in [3.8, 4) is 11.5 Å². The number of unbranched alkanes of at least 4 members (excludes halogenated alkanes) is 6. The van der Waals surface area contributed by atoms with Crippen LogP contribution in [0.3, 0.4) is 0 Å². The number of rotatable bonds is 20. The van der Waals surface area contributed by atoms with Crippen molar-refractivity contribution < 1.29 is 28.5 Å². The molecule has 0 fully saturated rings. The standard InChI is InChI=1S/C35H46O6/c1-27(2)34(36)40-25-15-8-6-13-23-38-32-22-21-31(20-19-30-17-11-10-12-18-30)33(29(32)5)39-24-14-7-9-16-26-41-35(37)28(3)4/h10-12,17-22H,1,3,6-9,13-16,23-26H2,2,4-5H3. The van der Waals surface area contributed by atoms with Crippen molar-refractivity contribution in [2.45, 2.75) is 72.1 Å². The Morgan fingerprint density at radius 2 is 1.17 bits per heavy atom. The lowest BCUT2D eigenvalue weighted by Gasteiger charge is -2.17. The van der Waals surface area contributed by atoms with Gasteiger partial charge in [0, 0.05) is 22.3 Å². The minimum atomic E-state index is -0.330. The number of hydrogen-bond donors (Lipinski definition) is 0. The average molecular weight is 563 g/mol. The summed E-state index contributed by atoms with van der Waals surface area (Å²) in [5, 5.41) is 0. The quantitative estimate of drug-likeness (QED) is 0.0700. The molecule has 0 saturated carbocycles. The molecular formula is C35H46O6. The van der Waals surface area contributed by atoms with E-state index in [-0.39, 0.29) is 11.9 Å². The summed E-state index contributed by atoms with van der Waals surface area (Å²) in [4.78, 5) is 22.9. The molecule has 0 aliphatic rings. The van der Waals surface area contributed by atoms with Crippen molar-refractivity contribution in [2.24, 2.45) is 0 Å². The van der Waals surface area contributed by atoms with Gasteiger partial charge in [-0.05, 0) is 89.8 Å². The number of hydrogen-bond acceptors (Lipinski definition) is 6. The second kappa shape index (κ2) is 19.3. The molecule has 0 aliphatic carbocycles. The van der Waals surface area contributed by atoms with Gasteiger partial charge < -0.3 is 18.9 Å². The maximum Gasteiger partial charge on any atom is 0.333 e. The molecule has 2 rings (SSSR count). The highest BCUT2D eigenvalue weighted by Gasteiger charge is 2.12. The SMILES string of the molecule is C=C(C)C(=O)OCCCCCCOc1ccc(C=Cc2ccccc2)c(OCCCCCCOC(=O)C(=C)C)c1C. The molecular weight excluding hydrogens is 516 g/mol. The van der Waals surface area contributed by atoms with E-state index in [2.05, 4.69) is 37.4 Å². The first-order chi connectivity index (χ1) is 19.8. The van der Waals surface area contributed by atoms with Gasteiger partial charge in [0.1, 0.15) is 11.5 Å². The van der Waals surface area contributed by atoms with E-state index in [9.17, 15) is 9.59 Å². The maximum absolute atomic E-state index is 11.5. The Balaban J connectivity index is 1.86. The number of esters is 2. The molecule has 0 amide bonds. The van der Waals surface area contributed by atoms with E-state index in [1.54, 1.807) is 13.8 Å². The summed E-state index contributed by atoms with van der Waals surface area (Å²) in [5.74, 6) is 1.00. The van der Waals surface area contributed by atoms with E-state index >= 15 is 0 Å². The van der Waals surface area contributed by atoms with E-state index in [0.717, 1.165) is 79.6 Å². The van der Waals surface area contributed by atoms with Crippen LogP contribution in [0.2, 0.25) is 0 Å². The van der Waals surface area contributed by atoms with E-state index in [0.29, 0.717) is 37.6 Å². The summed E-state index contributed by atoms with van der Waals surface area (Å²) in [7, 11) is 0. The van der Waals surface area contributed by atoms with Crippen LogP contribution in [0.4, 0.5) is 0 Å². The maximum atomic E-state index is 11.5. The van der Waals surface area contributed by atoms with Gasteiger partial charge in [0.05, 0.1) is 26.4 Å². The van der Waals surface area contributed by atoms with Crippen LogP contribution in [-0.4, -0.2) is 38.4 Å². The third kappa shape index (κ3) is 13.4. The molecule has 0 aliphatic heterocycles. The molecule has 0 saturated heterocycles. The largest absolute Gasteiger partial charge is 0.493 e. The predicted octanol–water partition coefficient (Wildman–Crippen LogP) is 8.28. The fraction of sp³-hybridized carbons (Fsp3) is 0.429. The first-order valence-corrected chi connectivity index (χ1v) is 14.6. The first kappa shape index (κ1) is 33.4. The van der Waals surface area contributed by atoms with E-state index in [4.69, 9.17) is 18.9 Å². The van der Waals surface area contributed by atoms with Crippen LogP contribution in [0.5, 0.6) is 11.5 Å². The lowest BCUT2D eigenvalue weighted by molar-refractivity contribution is -0.139. The Bertz CT molecular complexity index is 1150. The summed E-state index contributed by atoms with van der Waals surface area (Å²) < 4.78 is 22.7. The third-order valence-electron chi connectivity index (χ3n) is 6.39. The Labute approximate surface area is 246 Å². The van der Waals surface area contributed by atoms with Crippen LogP contribution in [0.25, 0.3) is 12.2 Å². The van der Waals surface area contributed by atoms with E-state index < -0.39 is 0 Å². The molecule has 0 unspecified atom stereocenters. The normalized spacial score (nSPS) is 10.8. The molecule has 0 spiro atoms. The molecule has 6 nitrogen and oxygen atoms in total. The van der Waals surface area contributed by atoms with Crippen LogP contribution in [0, 0.1) is 6.92 Å². The monoisotopic (exact) mass is 562 g/mol. The zero-order valence-corrected chi connectivity index (χ0v) is 25.0. The molecule has 0 N–H and O–H groups in total. The second-order valence-electron chi connectivity index (χ2n) is 10.2. The van der Waals surface area contributed by atoms with Gasteiger partial charge in [-0.25, -0.2) is 9.59 Å². The molecule has 0 aromatic heterocycles. The molecule has 0 bridgehead atoms. The highest BCUT2D eigenvalue weighted by molar-refractivity contribution is 5.87. The molecule has 2 aromatic rings. The lowest BCUT2D eigenvalue weighted by atomic mass is 10.1. The second-order valence-corrected chi connectivity index (χ2v) is 10.2. The van der Waals surface area contributed by atoms with Gasteiger partial charge in [-0.1, -0.05) is 55.6 Å². The highest BCUT2D eigenvalue weighted by Crippen LogP contribution is 2.33. The molecule has 0 atom stereocenters. The average Bonchev–Trinajstić information content (AvgIpc) is 2.96. The van der Waals surface area contributed by atoms with E-state index in [1.807, 2.05) is 37.3 Å². The first-order valence-electron chi connectivity index (χ1n) is 14.6. The fourth-order valence-electron chi connectivity index (χ4n) is 3.97. The minimum absolute atomic E-state index is 0.328. The molecule has 41 heavy (non-hydrogen) atoms. The van der Waals surface area contributed by atoms with Crippen molar-refractivity contribution in [1.82, 2.24) is 0 Å². The summed E-state index contributed by atoms with van der Waals surface area (Å²) in [5.41, 5.74) is 3.97. The van der Waals surface area contributed by atoms with Crippen LogP contribution < -0.4 is 9.47 Å². The van der Waals surface area contributed by atoms with Gasteiger partial charge in [0.25, 0.3) is 0 Å². The molecule has 0 heterocycles. The van der Waals surface area contributed by atoms with Crippen molar-refractivity contribution in [3.63, 3.8) is 0 Å². The van der Waals surface area contributed by atoms with Gasteiger partial charge in [-0.2, -0.15) is 0 Å². The van der Waals surface area contributed by atoms with Gasteiger partial charge in [-0.15, -0.1) is 0 Å². The van der Waals surface area contributed by atoms with Crippen molar-refractivity contribution in [3.05, 3.63) is 83.5 Å². The topological polar surface area (TPSA) is 71.1 Å². The van der Waals surface area contributed by atoms with Crippen molar-refractivity contribution >= 4 is 24.1 Å². The van der Waals surface area contributed by atoms with Crippen LogP contribution in [0.1, 0.15) is 81.9 Å². The zero-order valence-electron chi connectivity index (χ0n) is 25.0.